The van der Waals surface area contributed by atoms with Gasteiger partial charge in [-0.2, -0.15) is 5.26 Å². The first-order valence-electron chi connectivity index (χ1n) is 8.83. The van der Waals surface area contributed by atoms with Crippen molar-refractivity contribution in [1.82, 2.24) is 15.0 Å². The fourth-order valence-electron chi connectivity index (χ4n) is 3.22. The molecule has 2 heterocycles. The number of nitro benzene ring substituents is 1. The molecule has 0 amide bonds. The Bertz CT molecular complexity index is 1020. The van der Waals surface area contributed by atoms with Gasteiger partial charge in [-0.1, -0.05) is 18.2 Å². The van der Waals surface area contributed by atoms with Crippen molar-refractivity contribution in [1.29, 1.82) is 5.26 Å². The number of nitrogens with zero attached hydrogens (tertiary/aromatic N) is 7. The fraction of sp³-hybridized carbons (Fsp3) is 0.211. The smallest absolute Gasteiger partial charge is 0.269 e. The largest absolute Gasteiger partial charge is 0.368 e. The monoisotopic (exact) mass is 375 g/mol. The van der Waals surface area contributed by atoms with E-state index in [4.69, 9.17) is 0 Å². The highest BCUT2D eigenvalue weighted by Crippen LogP contribution is 2.22. The van der Waals surface area contributed by atoms with Crippen LogP contribution in [-0.4, -0.2) is 46.1 Å². The summed E-state index contributed by atoms with van der Waals surface area (Å²) in [5, 5.41) is 29.0. The molecular weight excluding hydrogens is 358 g/mol. The Hall–Kier alpha value is -3.93. The summed E-state index contributed by atoms with van der Waals surface area (Å²) in [5.41, 5.74) is 1.98. The molecule has 4 rings (SSSR count). The molecule has 0 unspecified atom stereocenters. The van der Waals surface area contributed by atoms with E-state index in [1.54, 1.807) is 12.1 Å². The van der Waals surface area contributed by atoms with Crippen molar-refractivity contribution in [3.05, 3.63) is 70.4 Å². The quantitative estimate of drug-likeness (QED) is 0.509. The van der Waals surface area contributed by atoms with Crippen molar-refractivity contribution in [2.45, 2.75) is 0 Å². The second-order valence-corrected chi connectivity index (χ2v) is 6.36. The highest BCUT2D eigenvalue weighted by molar-refractivity contribution is 5.53. The first-order valence-corrected chi connectivity index (χ1v) is 8.83. The van der Waals surface area contributed by atoms with Crippen LogP contribution >= 0.6 is 0 Å². The van der Waals surface area contributed by atoms with E-state index in [0.717, 1.165) is 26.2 Å². The summed E-state index contributed by atoms with van der Waals surface area (Å²) in [6, 6.07) is 18.2. The topological polar surface area (TPSA) is 104 Å². The van der Waals surface area contributed by atoms with Crippen molar-refractivity contribution in [3.63, 3.8) is 0 Å². The Labute approximate surface area is 161 Å². The minimum atomic E-state index is -0.460. The van der Waals surface area contributed by atoms with Crippen LogP contribution in [0.3, 0.4) is 0 Å². The lowest BCUT2D eigenvalue weighted by molar-refractivity contribution is -0.384. The van der Waals surface area contributed by atoms with Gasteiger partial charge in [-0.05, 0) is 24.3 Å². The molecular formula is C19H17N7O2. The van der Waals surface area contributed by atoms with Gasteiger partial charge < -0.3 is 9.80 Å². The summed E-state index contributed by atoms with van der Waals surface area (Å²) in [6.45, 7) is 3.09. The summed E-state index contributed by atoms with van der Waals surface area (Å²) in [6.07, 6.45) is 0. The van der Waals surface area contributed by atoms with Gasteiger partial charge in [0.25, 0.3) is 5.69 Å². The van der Waals surface area contributed by atoms with Crippen LogP contribution in [0.25, 0.3) is 5.69 Å². The maximum absolute atomic E-state index is 10.8. The maximum Gasteiger partial charge on any atom is 0.269 e. The number of aromatic nitrogens is 3. The lowest BCUT2D eigenvalue weighted by Gasteiger charge is -2.36. The molecule has 1 aromatic heterocycles. The number of benzene rings is 2. The summed E-state index contributed by atoms with van der Waals surface area (Å²) in [7, 11) is 0. The van der Waals surface area contributed by atoms with Gasteiger partial charge in [-0.25, -0.2) is 0 Å². The van der Waals surface area contributed by atoms with Crippen molar-refractivity contribution >= 4 is 17.2 Å². The third kappa shape index (κ3) is 3.35. The predicted octanol–water partition coefficient (Wildman–Crippen LogP) is 2.37. The number of nitro groups is 1. The van der Waals surface area contributed by atoms with E-state index < -0.39 is 4.92 Å². The molecule has 28 heavy (non-hydrogen) atoms. The van der Waals surface area contributed by atoms with Crippen LogP contribution in [0.1, 0.15) is 5.69 Å². The van der Waals surface area contributed by atoms with Gasteiger partial charge in [-0.15, -0.1) is 15.0 Å². The molecule has 1 aliphatic heterocycles. The van der Waals surface area contributed by atoms with Gasteiger partial charge in [-0.3, -0.25) is 10.1 Å². The molecule has 1 fully saturated rings. The third-order valence-corrected chi connectivity index (χ3v) is 4.69. The second kappa shape index (κ2) is 7.36. The summed E-state index contributed by atoms with van der Waals surface area (Å²) < 4.78 is 0. The molecule has 9 nitrogen and oxygen atoms in total. The van der Waals surface area contributed by atoms with E-state index in [-0.39, 0.29) is 11.4 Å². The second-order valence-electron chi connectivity index (χ2n) is 6.36. The van der Waals surface area contributed by atoms with Crippen molar-refractivity contribution < 1.29 is 4.92 Å². The van der Waals surface area contributed by atoms with Crippen LogP contribution in [0.5, 0.6) is 0 Å². The molecule has 3 aromatic rings. The number of nitriles is 1. The van der Waals surface area contributed by atoms with Crippen LogP contribution in [-0.2, 0) is 0 Å². The molecule has 0 atom stereocenters. The van der Waals surface area contributed by atoms with Crippen molar-refractivity contribution in [3.8, 4) is 11.8 Å². The van der Waals surface area contributed by atoms with Crippen LogP contribution in [0.2, 0.25) is 0 Å². The number of hydrogen-bond acceptors (Lipinski definition) is 7. The van der Waals surface area contributed by atoms with Gasteiger partial charge in [0.2, 0.25) is 5.69 Å². The average molecular weight is 375 g/mol. The summed E-state index contributed by atoms with van der Waals surface area (Å²) >= 11 is 0. The normalized spacial score (nSPS) is 14.0. The van der Waals surface area contributed by atoms with Gasteiger partial charge in [0.1, 0.15) is 6.07 Å². The Morgan fingerprint density at radius 3 is 2.14 bits per heavy atom. The molecule has 0 N–H and O–H groups in total. The zero-order valence-corrected chi connectivity index (χ0v) is 15.0. The zero-order valence-electron chi connectivity index (χ0n) is 15.0. The highest BCUT2D eigenvalue weighted by Gasteiger charge is 2.23. The molecule has 0 spiro atoms. The number of anilines is 2. The zero-order chi connectivity index (χ0) is 19.5. The number of piperazine rings is 1. The van der Waals surface area contributed by atoms with Gasteiger partial charge in [0.05, 0.1) is 10.6 Å². The minimum absolute atomic E-state index is 0.00586. The number of para-hydroxylation sites is 1. The van der Waals surface area contributed by atoms with Crippen molar-refractivity contribution in [2.24, 2.45) is 0 Å². The Morgan fingerprint density at radius 2 is 1.54 bits per heavy atom. The SMILES string of the molecule is N#Cc1nn(-c2ccc([N+](=O)[O-])cc2)nc1N1CCN(c2ccccc2)CC1. The first-order chi connectivity index (χ1) is 13.7. The van der Waals surface area contributed by atoms with Gasteiger partial charge in [0.15, 0.2) is 5.82 Å². The molecule has 9 heteroatoms. The first kappa shape index (κ1) is 17.5. The molecule has 140 valence electrons. The number of non-ortho nitro benzene ring substituents is 1. The Kier molecular flexibility index (Phi) is 4.60. The lowest BCUT2D eigenvalue weighted by Crippen LogP contribution is -2.47. The average Bonchev–Trinajstić information content (AvgIpc) is 3.19. The predicted molar refractivity (Wildman–Crippen MR) is 104 cm³/mol. The molecule has 0 saturated carbocycles. The Morgan fingerprint density at radius 1 is 0.893 bits per heavy atom. The Balaban J connectivity index is 1.53. The molecule has 1 aliphatic rings. The highest BCUT2D eigenvalue weighted by atomic mass is 16.6. The molecule has 0 bridgehead atoms. The van der Waals surface area contributed by atoms with E-state index in [2.05, 4.69) is 33.3 Å². The molecule has 0 radical (unpaired) electrons. The van der Waals surface area contributed by atoms with E-state index >= 15 is 0 Å². The van der Waals surface area contributed by atoms with E-state index in [0.29, 0.717) is 11.5 Å². The van der Waals surface area contributed by atoms with Crippen LogP contribution < -0.4 is 9.80 Å². The van der Waals surface area contributed by atoms with E-state index in [1.807, 2.05) is 23.1 Å². The molecule has 1 saturated heterocycles. The minimum Gasteiger partial charge on any atom is -0.368 e. The number of hydrogen-bond donors (Lipinski definition) is 0. The maximum atomic E-state index is 10.8. The van der Waals surface area contributed by atoms with Gasteiger partial charge in [0, 0.05) is 44.0 Å². The van der Waals surface area contributed by atoms with E-state index in [1.165, 1.54) is 22.6 Å². The lowest BCUT2D eigenvalue weighted by atomic mass is 10.2. The summed E-state index contributed by atoms with van der Waals surface area (Å²) in [4.78, 5) is 16.0. The van der Waals surface area contributed by atoms with Crippen molar-refractivity contribution in [2.75, 3.05) is 36.0 Å². The standard InChI is InChI=1S/C19H17N7O2/c20-14-18-19(22-25(21-18)16-6-8-17(9-7-16)26(27)28)24-12-10-23(11-13-24)15-4-2-1-3-5-15/h1-9H,10-13H2. The summed E-state index contributed by atoms with van der Waals surface area (Å²) in [5.74, 6) is 0.536. The third-order valence-electron chi connectivity index (χ3n) is 4.69. The van der Waals surface area contributed by atoms with E-state index in [9.17, 15) is 15.4 Å². The van der Waals surface area contributed by atoms with Gasteiger partial charge >= 0.3 is 0 Å². The van der Waals surface area contributed by atoms with Crippen LogP contribution in [0, 0.1) is 21.4 Å². The molecule has 2 aromatic carbocycles. The van der Waals surface area contributed by atoms with Crippen LogP contribution in [0.15, 0.2) is 54.6 Å². The number of rotatable bonds is 4. The van der Waals surface area contributed by atoms with Crippen LogP contribution in [0.4, 0.5) is 17.2 Å². The molecule has 0 aliphatic carbocycles. The fourth-order valence-corrected chi connectivity index (χ4v) is 3.22.